The normalized spacial score (nSPS) is 10.1. The molecule has 0 aliphatic rings. The number of amides is 1. The van der Waals surface area contributed by atoms with Crippen molar-refractivity contribution in [3.63, 3.8) is 0 Å². The van der Waals surface area contributed by atoms with E-state index in [9.17, 15) is 19.7 Å². The van der Waals surface area contributed by atoms with Crippen LogP contribution in [0.3, 0.4) is 0 Å². The van der Waals surface area contributed by atoms with Crippen molar-refractivity contribution in [2.75, 3.05) is 11.9 Å². The largest absolute Gasteiger partial charge is 0.452 e. The van der Waals surface area contributed by atoms with Gasteiger partial charge in [-0.15, -0.1) is 0 Å². The lowest BCUT2D eigenvalue weighted by Gasteiger charge is -2.08. The monoisotopic (exact) mass is 348 g/mol. The molecular formula is C16H13ClN2O5. The number of benzene rings is 2. The highest BCUT2D eigenvalue weighted by atomic mass is 35.5. The molecule has 2 aromatic carbocycles. The number of para-hydroxylation sites is 1. The molecule has 0 saturated heterocycles. The average Bonchev–Trinajstić information content (AvgIpc) is 2.52. The molecule has 2 aromatic rings. The van der Waals surface area contributed by atoms with Gasteiger partial charge in [-0.05, 0) is 31.2 Å². The highest BCUT2D eigenvalue weighted by molar-refractivity contribution is 6.30. The van der Waals surface area contributed by atoms with Crippen molar-refractivity contribution in [3.8, 4) is 0 Å². The molecular weight excluding hydrogens is 336 g/mol. The lowest BCUT2D eigenvalue weighted by atomic mass is 10.1. The van der Waals surface area contributed by atoms with Crippen LogP contribution in [-0.2, 0) is 9.53 Å². The van der Waals surface area contributed by atoms with Gasteiger partial charge in [-0.3, -0.25) is 14.9 Å². The lowest BCUT2D eigenvalue weighted by molar-refractivity contribution is -0.385. The van der Waals surface area contributed by atoms with E-state index in [4.69, 9.17) is 16.3 Å². The molecule has 0 aromatic heterocycles. The Kier molecular flexibility index (Phi) is 5.49. The van der Waals surface area contributed by atoms with E-state index >= 15 is 0 Å². The van der Waals surface area contributed by atoms with Gasteiger partial charge in [0.25, 0.3) is 11.6 Å². The molecule has 2 rings (SSSR count). The van der Waals surface area contributed by atoms with Crippen LogP contribution in [0.1, 0.15) is 15.9 Å². The lowest BCUT2D eigenvalue weighted by Crippen LogP contribution is -2.21. The van der Waals surface area contributed by atoms with Crippen molar-refractivity contribution in [1.82, 2.24) is 0 Å². The van der Waals surface area contributed by atoms with Crippen LogP contribution in [-0.4, -0.2) is 23.4 Å². The van der Waals surface area contributed by atoms with Gasteiger partial charge in [-0.25, -0.2) is 4.79 Å². The Morgan fingerprint density at radius 1 is 1.25 bits per heavy atom. The summed E-state index contributed by atoms with van der Waals surface area (Å²) in [5.74, 6) is -1.52. The number of carbonyl (C=O) groups is 2. The fourth-order valence-corrected chi connectivity index (χ4v) is 2.23. The number of nitro groups is 1. The molecule has 1 N–H and O–H groups in total. The second kappa shape index (κ2) is 7.56. The van der Waals surface area contributed by atoms with Crippen molar-refractivity contribution in [3.05, 3.63) is 68.7 Å². The number of anilines is 1. The number of hydrogen-bond donors (Lipinski definition) is 1. The van der Waals surface area contributed by atoms with Gasteiger partial charge in [0.15, 0.2) is 6.61 Å². The van der Waals surface area contributed by atoms with Crippen LogP contribution in [0.15, 0.2) is 42.5 Å². The highest BCUT2D eigenvalue weighted by Gasteiger charge is 2.24. The van der Waals surface area contributed by atoms with Crippen LogP contribution in [0, 0.1) is 17.0 Å². The summed E-state index contributed by atoms with van der Waals surface area (Å²) in [4.78, 5) is 34.2. The maximum absolute atomic E-state index is 12.0. The number of halogens is 1. The van der Waals surface area contributed by atoms with Crippen LogP contribution < -0.4 is 5.32 Å². The Morgan fingerprint density at radius 3 is 2.62 bits per heavy atom. The Labute approximate surface area is 142 Å². The zero-order chi connectivity index (χ0) is 17.7. The van der Waals surface area contributed by atoms with Crippen molar-refractivity contribution in [1.29, 1.82) is 0 Å². The first-order chi connectivity index (χ1) is 11.4. The number of rotatable bonds is 5. The van der Waals surface area contributed by atoms with Crippen molar-refractivity contribution < 1.29 is 19.2 Å². The summed E-state index contributed by atoms with van der Waals surface area (Å²) in [6.07, 6.45) is 0. The van der Waals surface area contributed by atoms with Crippen molar-refractivity contribution in [2.24, 2.45) is 0 Å². The first-order valence-electron chi connectivity index (χ1n) is 6.85. The molecule has 0 fully saturated rings. The molecule has 0 saturated carbocycles. The maximum atomic E-state index is 12.0. The first kappa shape index (κ1) is 17.4. The van der Waals surface area contributed by atoms with Crippen LogP contribution in [0.2, 0.25) is 5.02 Å². The zero-order valence-electron chi connectivity index (χ0n) is 12.6. The summed E-state index contributed by atoms with van der Waals surface area (Å²) in [7, 11) is 0. The predicted molar refractivity (Wildman–Crippen MR) is 88.2 cm³/mol. The molecule has 1 amide bonds. The molecule has 0 radical (unpaired) electrons. The van der Waals surface area contributed by atoms with E-state index in [1.54, 1.807) is 18.2 Å². The number of carbonyl (C=O) groups excluding carboxylic acids is 2. The molecule has 0 spiro atoms. The third-order valence-electron chi connectivity index (χ3n) is 3.08. The fourth-order valence-electron chi connectivity index (χ4n) is 2.04. The second-order valence-corrected chi connectivity index (χ2v) is 5.30. The summed E-state index contributed by atoms with van der Waals surface area (Å²) in [6.45, 7) is 0.942. The van der Waals surface area contributed by atoms with E-state index in [-0.39, 0.29) is 11.3 Å². The van der Waals surface area contributed by atoms with Crippen LogP contribution in [0.25, 0.3) is 0 Å². The molecule has 0 aliphatic carbocycles. The van der Waals surface area contributed by atoms with E-state index in [0.29, 0.717) is 16.3 Å². The van der Waals surface area contributed by atoms with Gasteiger partial charge in [0.2, 0.25) is 0 Å². The third-order valence-corrected chi connectivity index (χ3v) is 3.32. The molecule has 0 aliphatic heterocycles. The van der Waals surface area contributed by atoms with E-state index in [0.717, 1.165) is 0 Å². The van der Waals surface area contributed by atoms with Gasteiger partial charge in [0.1, 0.15) is 5.56 Å². The van der Waals surface area contributed by atoms with Gasteiger partial charge >= 0.3 is 5.97 Å². The summed E-state index contributed by atoms with van der Waals surface area (Å²) >= 11 is 5.80. The quantitative estimate of drug-likeness (QED) is 0.507. The Bertz CT molecular complexity index is 807. The van der Waals surface area contributed by atoms with Gasteiger partial charge in [0, 0.05) is 16.3 Å². The SMILES string of the molecule is Cc1cccc(C(=O)OCC(=O)Nc2cccc(Cl)c2)c1[N+](=O)[O-]. The second-order valence-electron chi connectivity index (χ2n) is 4.86. The van der Waals surface area contributed by atoms with Gasteiger partial charge < -0.3 is 10.1 Å². The van der Waals surface area contributed by atoms with Gasteiger partial charge in [0.05, 0.1) is 4.92 Å². The minimum atomic E-state index is -0.938. The van der Waals surface area contributed by atoms with Crippen LogP contribution in [0.5, 0.6) is 0 Å². The van der Waals surface area contributed by atoms with Gasteiger partial charge in [-0.1, -0.05) is 29.8 Å². The van der Waals surface area contributed by atoms with E-state index < -0.39 is 23.4 Å². The number of hydrogen-bond acceptors (Lipinski definition) is 5. The zero-order valence-corrected chi connectivity index (χ0v) is 13.4. The number of nitrogens with zero attached hydrogens (tertiary/aromatic N) is 1. The number of esters is 1. The summed E-state index contributed by atoms with van der Waals surface area (Å²) in [5, 5.41) is 14.0. The molecule has 0 unspecified atom stereocenters. The summed E-state index contributed by atoms with van der Waals surface area (Å²) in [5.41, 5.74) is 0.246. The Morgan fingerprint density at radius 2 is 1.96 bits per heavy atom. The molecule has 124 valence electrons. The molecule has 8 heteroatoms. The molecule has 0 atom stereocenters. The standard InChI is InChI=1S/C16H13ClN2O5/c1-10-4-2-7-13(15(10)19(22)23)16(21)24-9-14(20)18-12-6-3-5-11(17)8-12/h2-8H,9H2,1H3,(H,18,20). The summed E-state index contributed by atoms with van der Waals surface area (Å²) in [6, 6.07) is 10.8. The third kappa shape index (κ3) is 4.30. The number of nitro benzene ring substituents is 1. The predicted octanol–water partition coefficient (Wildman–Crippen LogP) is 3.35. The van der Waals surface area contributed by atoms with Crippen LogP contribution >= 0.6 is 11.6 Å². The minimum absolute atomic E-state index is 0.199. The maximum Gasteiger partial charge on any atom is 0.345 e. The fraction of sp³-hybridized carbons (Fsp3) is 0.125. The summed E-state index contributed by atoms with van der Waals surface area (Å²) < 4.78 is 4.85. The first-order valence-corrected chi connectivity index (χ1v) is 7.23. The number of ether oxygens (including phenoxy) is 1. The molecule has 24 heavy (non-hydrogen) atoms. The molecule has 0 bridgehead atoms. The van der Waals surface area contributed by atoms with Crippen molar-refractivity contribution in [2.45, 2.75) is 6.92 Å². The molecule has 7 nitrogen and oxygen atoms in total. The molecule has 0 heterocycles. The average molecular weight is 349 g/mol. The van der Waals surface area contributed by atoms with Crippen LogP contribution in [0.4, 0.5) is 11.4 Å². The highest BCUT2D eigenvalue weighted by Crippen LogP contribution is 2.23. The van der Waals surface area contributed by atoms with Crippen molar-refractivity contribution >= 4 is 34.9 Å². The minimum Gasteiger partial charge on any atom is -0.452 e. The smallest absolute Gasteiger partial charge is 0.345 e. The number of nitrogens with one attached hydrogen (secondary N) is 1. The number of aryl methyl sites for hydroxylation is 1. The Balaban J connectivity index is 2.02. The Hall–Kier alpha value is -2.93. The topological polar surface area (TPSA) is 98.5 Å². The van der Waals surface area contributed by atoms with E-state index in [1.165, 1.54) is 31.2 Å². The van der Waals surface area contributed by atoms with E-state index in [2.05, 4.69) is 5.32 Å². The van der Waals surface area contributed by atoms with E-state index in [1.807, 2.05) is 0 Å². The van der Waals surface area contributed by atoms with Gasteiger partial charge in [-0.2, -0.15) is 0 Å².